The number of hydrogen-bond donors (Lipinski definition) is 0. The van der Waals surface area contributed by atoms with E-state index in [0.717, 1.165) is 37.1 Å². The first-order valence-electron chi connectivity index (χ1n) is 13.2. The quantitative estimate of drug-likeness (QED) is 0.286. The number of allylic oxidation sites excluding steroid dienone is 5. The lowest BCUT2D eigenvalue weighted by atomic mass is 9.75. The van der Waals surface area contributed by atoms with Crippen LogP contribution >= 0.6 is 0 Å². The highest BCUT2D eigenvalue weighted by atomic mass is 16.5. The second-order valence-electron chi connectivity index (χ2n) is 10.3. The van der Waals surface area contributed by atoms with Gasteiger partial charge in [-0.05, 0) is 89.2 Å². The Labute approximate surface area is 211 Å². The molecule has 3 heteroatoms. The fourth-order valence-corrected chi connectivity index (χ4v) is 6.75. The van der Waals surface area contributed by atoms with Crippen molar-refractivity contribution < 1.29 is 9.53 Å². The van der Waals surface area contributed by atoms with E-state index < -0.39 is 0 Å². The molecule has 0 bridgehead atoms. The highest BCUT2D eigenvalue weighted by Crippen LogP contribution is 2.45. The van der Waals surface area contributed by atoms with Gasteiger partial charge in [-0.3, -0.25) is 9.79 Å². The summed E-state index contributed by atoms with van der Waals surface area (Å²) in [5.41, 5.74) is 12.0. The molecule has 7 rings (SSSR count). The molecule has 3 aliphatic carbocycles. The lowest BCUT2D eigenvalue weighted by Gasteiger charge is -2.28. The maximum absolute atomic E-state index is 10.6. The molecule has 0 saturated heterocycles. The Morgan fingerprint density at radius 1 is 1.03 bits per heavy atom. The molecule has 0 N–H and O–H groups in total. The minimum atomic E-state index is 0.184. The van der Waals surface area contributed by atoms with Crippen molar-refractivity contribution >= 4 is 40.3 Å². The van der Waals surface area contributed by atoms with Crippen molar-refractivity contribution in [1.82, 2.24) is 0 Å². The molecule has 3 aromatic carbocycles. The highest BCUT2D eigenvalue weighted by molar-refractivity contribution is 6.31. The predicted octanol–water partition coefficient (Wildman–Crippen LogP) is 7.49. The summed E-state index contributed by atoms with van der Waals surface area (Å²) < 4.78 is 4.96. The maximum Gasteiger partial charge on any atom is 0.293 e. The van der Waals surface area contributed by atoms with Gasteiger partial charge in [0.1, 0.15) is 0 Å². The van der Waals surface area contributed by atoms with E-state index in [0.29, 0.717) is 19.0 Å². The average Bonchev–Trinajstić information content (AvgIpc) is 3.31. The minimum absolute atomic E-state index is 0.184. The zero-order chi connectivity index (χ0) is 24.1. The predicted molar refractivity (Wildman–Crippen MR) is 147 cm³/mol. The van der Waals surface area contributed by atoms with Crippen LogP contribution in [0.1, 0.15) is 65.0 Å². The molecular weight excluding hydrogens is 442 g/mol. The first kappa shape index (κ1) is 21.6. The second kappa shape index (κ2) is 8.74. The van der Waals surface area contributed by atoms with Gasteiger partial charge in [0, 0.05) is 23.0 Å². The lowest BCUT2D eigenvalue weighted by Crippen LogP contribution is -2.16. The minimum Gasteiger partial charge on any atom is -0.468 e. The number of nitrogens with zero attached hydrogens (tertiary/aromatic N) is 1. The summed E-state index contributed by atoms with van der Waals surface area (Å²) >= 11 is 0. The zero-order valence-electron chi connectivity index (χ0n) is 20.4. The fourth-order valence-electron chi connectivity index (χ4n) is 6.75. The summed E-state index contributed by atoms with van der Waals surface area (Å²) in [5.74, 6) is 0.600. The van der Waals surface area contributed by atoms with Gasteiger partial charge in [0.2, 0.25) is 0 Å². The van der Waals surface area contributed by atoms with E-state index in [4.69, 9.17) is 9.73 Å². The number of fused-ring (bicyclic) bond motifs is 8. The van der Waals surface area contributed by atoms with Crippen molar-refractivity contribution in [3.8, 4) is 0 Å². The van der Waals surface area contributed by atoms with Crippen LogP contribution in [0.3, 0.4) is 0 Å². The normalized spacial score (nSPS) is 21.2. The van der Waals surface area contributed by atoms with Gasteiger partial charge in [-0.15, -0.1) is 0 Å². The van der Waals surface area contributed by atoms with E-state index in [2.05, 4.69) is 72.8 Å². The summed E-state index contributed by atoms with van der Waals surface area (Å²) in [6, 6.07) is 16.4. The Morgan fingerprint density at radius 3 is 2.89 bits per heavy atom. The molecule has 3 aromatic rings. The van der Waals surface area contributed by atoms with E-state index in [-0.39, 0.29) is 5.92 Å². The van der Waals surface area contributed by atoms with Crippen molar-refractivity contribution in [2.24, 2.45) is 10.9 Å². The number of aliphatic imine (C=N–C) groups is 1. The Balaban J connectivity index is 1.25. The Kier molecular flexibility index (Phi) is 5.23. The summed E-state index contributed by atoms with van der Waals surface area (Å²) in [4.78, 5) is 15.6. The highest BCUT2D eigenvalue weighted by Gasteiger charge is 2.30. The van der Waals surface area contributed by atoms with Crippen LogP contribution in [-0.4, -0.2) is 18.8 Å². The topological polar surface area (TPSA) is 38.7 Å². The van der Waals surface area contributed by atoms with Gasteiger partial charge >= 0.3 is 0 Å². The van der Waals surface area contributed by atoms with Crippen LogP contribution in [0.5, 0.6) is 0 Å². The van der Waals surface area contributed by atoms with E-state index in [1.165, 1.54) is 57.0 Å². The summed E-state index contributed by atoms with van der Waals surface area (Å²) in [6.07, 6.45) is 17.7. The largest absolute Gasteiger partial charge is 0.468 e. The van der Waals surface area contributed by atoms with Crippen LogP contribution in [0.15, 0.2) is 71.8 Å². The third kappa shape index (κ3) is 3.41. The maximum atomic E-state index is 10.6. The van der Waals surface area contributed by atoms with Crippen LogP contribution in [0, 0.1) is 5.92 Å². The van der Waals surface area contributed by atoms with Crippen LogP contribution in [0.25, 0.3) is 22.4 Å². The smallest absolute Gasteiger partial charge is 0.293 e. The zero-order valence-corrected chi connectivity index (χ0v) is 20.4. The van der Waals surface area contributed by atoms with Gasteiger partial charge in [-0.25, -0.2) is 0 Å². The molecule has 2 atom stereocenters. The molecule has 36 heavy (non-hydrogen) atoms. The Morgan fingerprint density at radius 2 is 1.94 bits per heavy atom. The third-order valence-corrected chi connectivity index (χ3v) is 8.45. The van der Waals surface area contributed by atoms with Gasteiger partial charge in [0.25, 0.3) is 6.47 Å². The second-order valence-corrected chi connectivity index (χ2v) is 10.3. The van der Waals surface area contributed by atoms with Gasteiger partial charge < -0.3 is 4.74 Å². The molecule has 3 nitrogen and oxygen atoms in total. The molecule has 0 fully saturated rings. The molecule has 0 aromatic heterocycles. The molecule has 4 aliphatic rings. The van der Waals surface area contributed by atoms with Crippen LogP contribution in [0.2, 0.25) is 0 Å². The van der Waals surface area contributed by atoms with Crippen molar-refractivity contribution in [2.45, 2.75) is 44.4 Å². The molecule has 0 amide bonds. The first-order chi connectivity index (χ1) is 17.8. The van der Waals surface area contributed by atoms with E-state index in [1.54, 1.807) is 5.56 Å². The fraction of sp³-hybridized carbons (Fsp3) is 0.273. The summed E-state index contributed by atoms with van der Waals surface area (Å²) in [7, 11) is 0. The molecule has 2 unspecified atom stereocenters. The van der Waals surface area contributed by atoms with Crippen molar-refractivity contribution in [3.05, 3.63) is 100 Å². The Bertz CT molecular complexity index is 1520. The van der Waals surface area contributed by atoms with E-state index in [9.17, 15) is 4.79 Å². The Hall–Kier alpha value is -3.72. The molecule has 178 valence electrons. The van der Waals surface area contributed by atoms with Crippen LogP contribution in [0.4, 0.5) is 5.69 Å². The number of benzene rings is 3. The van der Waals surface area contributed by atoms with Crippen LogP contribution < -0.4 is 0 Å². The van der Waals surface area contributed by atoms with Crippen LogP contribution in [-0.2, 0) is 22.4 Å². The average molecular weight is 472 g/mol. The molecular formula is C33H29NO2. The van der Waals surface area contributed by atoms with Gasteiger partial charge in [-0.2, -0.15) is 0 Å². The SMILES string of the molecule is O=COCCC1C=CC=C2C1=Nc1ccc(C3CCCc4c3ccc3c5c(ccc43)C=CCC5)cc12. The van der Waals surface area contributed by atoms with Gasteiger partial charge in [0.15, 0.2) is 0 Å². The number of carbonyl (C=O) groups excluding carboxylic acids is 1. The number of rotatable bonds is 5. The van der Waals surface area contributed by atoms with E-state index in [1.807, 2.05) is 0 Å². The number of ether oxygens (including phenoxy) is 1. The van der Waals surface area contributed by atoms with Gasteiger partial charge in [-0.1, -0.05) is 60.7 Å². The monoisotopic (exact) mass is 471 g/mol. The standard InChI is InChI=1S/C33H29NO2/c35-20-36-18-17-22-6-3-10-30-31-19-23(12-16-32(31)34-33(22)30)25-8-4-9-26-28(25)15-14-27-24-7-2-1-5-21(24)11-13-29(26)27/h1,3,5-6,10-16,19-20,22,25H,2,4,7-9,17-18H2. The molecule has 1 heterocycles. The summed E-state index contributed by atoms with van der Waals surface area (Å²) in [6.45, 7) is 0.941. The third-order valence-electron chi connectivity index (χ3n) is 8.45. The molecule has 0 spiro atoms. The van der Waals surface area contributed by atoms with Crippen molar-refractivity contribution in [1.29, 1.82) is 0 Å². The lowest BCUT2D eigenvalue weighted by molar-refractivity contribution is -0.128. The number of carbonyl (C=O) groups is 1. The molecule has 1 aliphatic heterocycles. The number of hydrogen-bond acceptors (Lipinski definition) is 3. The number of aryl methyl sites for hydroxylation is 2. The first-order valence-corrected chi connectivity index (χ1v) is 13.2. The van der Waals surface area contributed by atoms with Crippen molar-refractivity contribution in [2.75, 3.05) is 6.61 Å². The van der Waals surface area contributed by atoms with Crippen molar-refractivity contribution in [3.63, 3.8) is 0 Å². The van der Waals surface area contributed by atoms with E-state index >= 15 is 0 Å². The summed E-state index contributed by atoms with van der Waals surface area (Å²) in [5, 5.41) is 2.91. The molecule has 0 saturated carbocycles. The molecule has 0 radical (unpaired) electrons. The van der Waals surface area contributed by atoms with Gasteiger partial charge in [0.05, 0.1) is 18.0 Å².